The smallest absolute Gasteiger partial charge is 0.255 e. The number of piperidine rings is 1. The number of nitrogens with one attached hydrogen (secondary N) is 2. The van der Waals surface area contributed by atoms with Crippen LogP contribution in [0.15, 0.2) is 18.2 Å². The molecule has 25 heavy (non-hydrogen) atoms. The van der Waals surface area contributed by atoms with Gasteiger partial charge in [0, 0.05) is 36.2 Å². The number of benzene rings is 1. The molecule has 1 aromatic rings. The van der Waals surface area contributed by atoms with Crippen molar-refractivity contribution in [3.8, 4) is 0 Å². The molecule has 0 radical (unpaired) electrons. The zero-order valence-electron chi connectivity index (χ0n) is 14.7. The average Bonchev–Trinajstić information content (AvgIpc) is 2.95. The van der Waals surface area contributed by atoms with Gasteiger partial charge in [-0.2, -0.15) is 0 Å². The minimum Gasteiger partial charge on any atom is -0.326 e. The lowest BCUT2D eigenvalue weighted by Gasteiger charge is -2.29. The van der Waals surface area contributed by atoms with E-state index in [9.17, 15) is 19.2 Å². The standard InChI is InChI=1S/C16H17N3O4.C2H6/c1-2-13(20)17-11-5-3-4-9-10(11)8-19(16(9)23)12-6-7-14(21)18-15(12)22;1-2/h3-5,12H,2,6-8H2,1H3,(H,17,20)(H,18,21,22);1-2H3. The van der Waals surface area contributed by atoms with Crippen molar-refractivity contribution in [3.63, 3.8) is 0 Å². The Kier molecular flexibility index (Phi) is 5.90. The molecule has 134 valence electrons. The lowest BCUT2D eigenvalue weighted by Crippen LogP contribution is -2.52. The summed E-state index contributed by atoms with van der Waals surface area (Å²) in [6.45, 7) is 6.00. The number of imide groups is 1. The minimum atomic E-state index is -0.651. The van der Waals surface area contributed by atoms with Crippen LogP contribution in [-0.4, -0.2) is 34.6 Å². The third-order valence-corrected chi connectivity index (χ3v) is 4.18. The van der Waals surface area contributed by atoms with Crippen molar-refractivity contribution in [1.29, 1.82) is 0 Å². The first-order valence-electron chi connectivity index (χ1n) is 8.57. The first-order valence-corrected chi connectivity index (χ1v) is 8.57. The first kappa shape index (κ1) is 18.6. The molecule has 0 bridgehead atoms. The summed E-state index contributed by atoms with van der Waals surface area (Å²) in [5, 5.41) is 5.05. The van der Waals surface area contributed by atoms with E-state index in [1.54, 1.807) is 25.1 Å². The number of hydrogen-bond donors (Lipinski definition) is 2. The molecule has 0 aliphatic carbocycles. The molecule has 3 rings (SSSR count). The fourth-order valence-electron chi connectivity index (χ4n) is 2.94. The molecule has 0 saturated carbocycles. The monoisotopic (exact) mass is 345 g/mol. The van der Waals surface area contributed by atoms with E-state index in [1.165, 1.54) is 4.90 Å². The molecule has 7 heteroatoms. The third-order valence-electron chi connectivity index (χ3n) is 4.18. The van der Waals surface area contributed by atoms with E-state index in [2.05, 4.69) is 10.6 Å². The summed E-state index contributed by atoms with van der Waals surface area (Å²) in [5.74, 6) is -1.14. The Morgan fingerprint density at radius 1 is 1.28 bits per heavy atom. The zero-order chi connectivity index (χ0) is 18.6. The Balaban J connectivity index is 0.00000109. The molecule has 1 saturated heterocycles. The van der Waals surface area contributed by atoms with Gasteiger partial charge in [-0.15, -0.1) is 0 Å². The van der Waals surface area contributed by atoms with E-state index in [-0.39, 0.29) is 30.7 Å². The minimum absolute atomic E-state index is 0.134. The highest BCUT2D eigenvalue weighted by molar-refractivity contribution is 6.06. The van der Waals surface area contributed by atoms with E-state index < -0.39 is 11.9 Å². The number of anilines is 1. The normalized spacial score (nSPS) is 18.9. The molecule has 4 amide bonds. The van der Waals surface area contributed by atoms with Crippen molar-refractivity contribution in [3.05, 3.63) is 29.3 Å². The summed E-state index contributed by atoms with van der Waals surface area (Å²) in [4.78, 5) is 48.9. The van der Waals surface area contributed by atoms with Gasteiger partial charge in [0.2, 0.25) is 17.7 Å². The lowest BCUT2D eigenvalue weighted by atomic mass is 10.0. The SMILES string of the molecule is CC.CCC(=O)Nc1cccc2c1CN(C1CCC(=O)NC1=O)C2=O. The van der Waals surface area contributed by atoms with Gasteiger partial charge in [-0.3, -0.25) is 24.5 Å². The second-order valence-electron chi connectivity index (χ2n) is 5.63. The maximum atomic E-state index is 12.6. The van der Waals surface area contributed by atoms with Crippen molar-refractivity contribution in [2.45, 2.75) is 52.6 Å². The molecule has 0 aromatic heterocycles. The summed E-state index contributed by atoms with van der Waals surface area (Å²) in [6.07, 6.45) is 0.880. The van der Waals surface area contributed by atoms with Crippen LogP contribution in [0.4, 0.5) is 5.69 Å². The van der Waals surface area contributed by atoms with Crippen LogP contribution in [0.5, 0.6) is 0 Å². The molecule has 2 aliphatic heterocycles. The highest BCUT2D eigenvalue weighted by atomic mass is 16.2. The molecule has 1 aromatic carbocycles. The van der Waals surface area contributed by atoms with Gasteiger partial charge >= 0.3 is 0 Å². The van der Waals surface area contributed by atoms with Crippen LogP contribution >= 0.6 is 0 Å². The van der Waals surface area contributed by atoms with E-state index in [0.29, 0.717) is 29.7 Å². The number of hydrogen-bond acceptors (Lipinski definition) is 4. The summed E-state index contributed by atoms with van der Waals surface area (Å²) in [6, 6.07) is 4.48. The highest BCUT2D eigenvalue weighted by Crippen LogP contribution is 2.32. The molecular formula is C18H23N3O4. The van der Waals surface area contributed by atoms with E-state index >= 15 is 0 Å². The van der Waals surface area contributed by atoms with Gasteiger partial charge in [0.05, 0.1) is 0 Å². The largest absolute Gasteiger partial charge is 0.326 e. The van der Waals surface area contributed by atoms with Gasteiger partial charge in [0.1, 0.15) is 6.04 Å². The van der Waals surface area contributed by atoms with Gasteiger partial charge in [-0.05, 0) is 18.6 Å². The van der Waals surface area contributed by atoms with Crippen LogP contribution in [0, 0.1) is 0 Å². The predicted octanol–water partition coefficient (Wildman–Crippen LogP) is 1.82. The zero-order valence-corrected chi connectivity index (χ0v) is 14.7. The number of fused-ring (bicyclic) bond motifs is 1. The maximum absolute atomic E-state index is 12.6. The molecule has 1 fully saturated rings. The van der Waals surface area contributed by atoms with Crippen molar-refractivity contribution in [1.82, 2.24) is 10.2 Å². The maximum Gasteiger partial charge on any atom is 0.255 e. The molecule has 2 N–H and O–H groups in total. The number of carbonyl (C=O) groups is 4. The molecular weight excluding hydrogens is 322 g/mol. The van der Waals surface area contributed by atoms with Crippen molar-refractivity contribution < 1.29 is 19.2 Å². The van der Waals surface area contributed by atoms with Crippen LogP contribution in [0.25, 0.3) is 0 Å². The van der Waals surface area contributed by atoms with Crippen molar-refractivity contribution in [2.24, 2.45) is 0 Å². The molecule has 1 unspecified atom stereocenters. The fraction of sp³-hybridized carbons (Fsp3) is 0.444. The number of nitrogens with zero attached hydrogens (tertiary/aromatic N) is 1. The predicted molar refractivity (Wildman–Crippen MR) is 92.8 cm³/mol. The molecule has 7 nitrogen and oxygen atoms in total. The average molecular weight is 345 g/mol. The Labute approximate surface area is 146 Å². The fourth-order valence-corrected chi connectivity index (χ4v) is 2.94. The first-order chi connectivity index (χ1) is 12.0. The van der Waals surface area contributed by atoms with E-state index in [4.69, 9.17) is 0 Å². The Hall–Kier alpha value is -2.70. The van der Waals surface area contributed by atoms with E-state index in [1.807, 2.05) is 13.8 Å². The second-order valence-corrected chi connectivity index (χ2v) is 5.63. The number of carbonyl (C=O) groups excluding carboxylic acids is 4. The lowest BCUT2D eigenvalue weighted by molar-refractivity contribution is -0.137. The summed E-state index contributed by atoms with van der Waals surface area (Å²) in [7, 11) is 0. The Morgan fingerprint density at radius 3 is 2.64 bits per heavy atom. The van der Waals surface area contributed by atoms with Crippen LogP contribution in [0.1, 0.15) is 56.0 Å². The number of rotatable bonds is 3. The van der Waals surface area contributed by atoms with Crippen LogP contribution in [-0.2, 0) is 20.9 Å². The van der Waals surface area contributed by atoms with Crippen LogP contribution < -0.4 is 10.6 Å². The third kappa shape index (κ3) is 3.70. The van der Waals surface area contributed by atoms with Gasteiger partial charge in [0.25, 0.3) is 5.91 Å². The van der Waals surface area contributed by atoms with Crippen molar-refractivity contribution in [2.75, 3.05) is 5.32 Å². The van der Waals surface area contributed by atoms with Gasteiger partial charge in [-0.25, -0.2) is 0 Å². The molecule has 0 spiro atoms. The van der Waals surface area contributed by atoms with Crippen LogP contribution in [0.2, 0.25) is 0 Å². The highest BCUT2D eigenvalue weighted by Gasteiger charge is 2.39. The molecule has 2 heterocycles. The summed E-state index contributed by atoms with van der Waals surface area (Å²) in [5.41, 5.74) is 1.80. The van der Waals surface area contributed by atoms with Gasteiger partial charge in [-0.1, -0.05) is 26.8 Å². The van der Waals surface area contributed by atoms with Gasteiger partial charge < -0.3 is 10.2 Å². The summed E-state index contributed by atoms with van der Waals surface area (Å²) < 4.78 is 0. The Bertz CT molecular complexity index is 714. The van der Waals surface area contributed by atoms with Crippen molar-refractivity contribution >= 4 is 29.3 Å². The molecule has 2 aliphatic rings. The quantitative estimate of drug-likeness (QED) is 0.817. The topological polar surface area (TPSA) is 95.6 Å². The van der Waals surface area contributed by atoms with Crippen LogP contribution in [0.3, 0.4) is 0 Å². The number of amides is 4. The van der Waals surface area contributed by atoms with Gasteiger partial charge in [0.15, 0.2) is 0 Å². The second kappa shape index (κ2) is 7.92. The summed E-state index contributed by atoms with van der Waals surface area (Å²) >= 11 is 0. The van der Waals surface area contributed by atoms with E-state index in [0.717, 1.165) is 0 Å². The molecule has 1 atom stereocenters. The Morgan fingerprint density at radius 2 is 2.00 bits per heavy atom.